The van der Waals surface area contributed by atoms with Gasteiger partial charge in [-0.15, -0.1) is 6.92 Å². The summed E-state index contributed by atoms with van der Waals surface area (Å²) < 4.78 is 0. The van der Waals surface area contributed by atoms with Gasteiger partial charge in [0, 0.05) is 0 Å². The van der Waals surface area contributed by atoms with Gasteiger partial charge in [0.05, 0.1) is 0 Å². The average molecular weight is 160 g/mol. The van der Waals surface area contributed by atoms with Gasteiger partial charge < -0.3 is 0 Å². The Morgan fingerprint density at radius 3 is 1.90 bits per heavy atom. The van der Waals surface area contributed by atoms with Crippen LogP contribution >= 0.6 is 0 Å². The predicted molar refractivity (Wildman–Crippen MR) is 40.0 cm³/mol. The van der Waals surface area contributed by atoms with E-state index in [1.165, 1.54) is 11.1 Å². The summed E-state index contributed by atoms with van der Waals surface area (Å²) in [5.74, 6) is 0. The molecule has 0 unspecified atom stereocenters. The summed E-state index contributed by atoms with van der Waals surface area (Å²) in [6.07, 6.45) is 5.62. The van der Waals surface area contributed by atoms with E-state index in [1.807, 2.05) is 0 Å². The SMILES string of the molecule is CC1=[C-]C(C)(C)C=C1C.[K+]. The molecule has 0 amide bonds. The summed E-state index contributed by atoms with van der Waals surface area (Å²) in [4.78, 5) is 0. The smallest absolute Gasteiger partial charge is 0.263 e. The summed E-state index contributed by atoms with van der Waals surface area (Å²) >= 11 is 0. The Hall–Kier alpha value is 1.12. The Balaban J connectivity index is 0.000000810. The van der Waals surface area contributed by atoms with Crippen molar-refractivity contribution in [2.45, 2.75) is 27.7 Å². The molecule has 0 atom stereocenters. The zero-order chi connectivity index (χ0) is 7.07. The molecule has 0 aliphatic heterocycles. The van der Waals surface area contributed by atoms with Crippen LogP contribution in [0.4, 0.5) is 0 Å². The maximum atomic E-state index is 3.37. The molecule has 1 heteroatoms. The first-order valence-corrected chi connectivity index (χ1v) is 3.33. The number of hydrogen-bond acceptors (Lipinski definition) is 0. The van der Waals surface area contributed by atoms with Crippen molar-refractivity contribution in [2.75, 3.05) is 0 Å². The van der Waals surface area contributed by atoms with Crippen LogP contribution in [-0.2, 0) is 0 Å². The monoisotopic (exact) mass is 160 g/mol. The Morgan fingerprint density at radius 1 is 1.30 bits per heavy atom. The maximum Gasteiger partial charge on any atom is 1.00 e. The average Bonchev–Trinajstić information content (AvgIpc) is 1.79. The number of rotatable bonds is 0. The minimum absolute atomic E-state index is 0. The predicted octanol–water partition coefficient (Wildman–Crippen LogP) is -0.274. The van der Waals surface area contributed by atoms with Crippen LogP contribution in [0.5, 0.6) is 0 Å². The first kappa shape index (κ1) is 11.1. The van der Waals surface area contributed by atoms with E-state index in [1.54, 1.807) is 0 Å². The molecule has 10 heavy (non-hydrogen) atoms. The molecule has 1 aliphatic rings. The van der Waals surface area contributed by atoms with E-state index in [9.17, 15) is 0 Å². The van der Waals surface area contributed by atoms with Crippen molar-refractivity contribution in [3.8, 4) is 0 Å². The standard InChI is InChI=1S/C9H13.K/c1-7-5-9(3,4)6-8(7)2;/h5H,1-4H3;/q-1;+1. The molecule has 1 rings (SSSR count). The van der Waals surface area contributed by atoms with Gasteiger partial charge in [0.2, 0.25) is 0 Å². The van der Waals surface area contributed by atoms with Crippen molar-refractivity contribution in [3.63, 3.8) is 0 Å². The van der Waals surface area contributed by atoms with Gasteiger partial charge in [-0.25, -0.2) is 11.1 Å². The van der Waals surface area contributed by atoms with Gasteiger partial charge in [-0.2, -0.15) is 6.08 Å². The molecule has 0 spiro atoms. The van der Waals surface area contributed by atoms with E-state index in [-0.39, 0.29) is 56.8 Å². The van der Waals surface area contributed by atoms with E-state index in [2.05, 4.69) is 39.8 Å². The fourth-order valence-corrected chi connectivity index (χ4v) is 1.27. The van der Waals surface area contributed by atoms with Gasteiger partial charge in [-0.3, -0.25) is 6.08 Å². The van der Waals surface area contributed by atoms with E-state index in [0.29, 0.717) is 0 Å². The topological polar surface area (TPSA) is 0 Å². The molecule has 0 radical (unpaired) electrons. The third-order valence-corrected chi connectivity index (χ3v) is 1.68. The fourth-order valence-electron chi connectivity index (χ4n) is 1.27. The van der Waals surface area contributed by atoms with Gasteiger partial charge in [-0.1, -0.05) is 26.2 Å². The van der Waals surface area contributed by atoms with E-state index < -0.39 is 0 Å². The molecule has 1 aliphatic carbocycles. The van der Waals surface area contributed by atoms with Crippen molar-refractivity contribution in [1.29, 1.82) is 0 Å². The van der Waals surface area contributed by atoms with Gasteiger partial charge in [0.15, 0.2) is 0 Å². The quantitative estimate of drug-likeness (QED) is 0.338. The van der Waals surface area contributed by atoms with Crippen LogP contribution in [0.25, 0.3) is 0 Å². The summed E-state index contributed by atoms with van der Waals surface area (Å²) in [6.45, 7) is 8.59. The van der Waals surface area contributed by atoms with Gasteiger partial charge in [-0.05, 0) is 0 Å². The Kier molecular flexibility index (Phi) is 4.09. The second-order valence-corrected chi connectivity index (χ2v) is 3.30. The molecule has 0 fully saturated rings. The second-order valence-electron chi connectivity index (χ2n) is 3.30. The second kappa shape index (κ2) is 3.68. The molecular formula is C9H13K. The molecular weight excluding hydrogens is 147 g/mol. The molecule has 0 saturated heterocycles. The maximum absolute atomic E-state index is 3.37. The molecule has 0 saturated carbocycles. The normalized spacial score (nSPS) is 21.2. The summed E-state index contributed by atoms with van der Waals surface area (Å²) in [5, 5.41) is 0. The molecule has 50 valence electrons. The molecule has 0 N–H and O–H groups in total. The van der Waals surface area contributed by atoms with Crippen molar-refractivity contribution in [2.24, 2.45) is 5.41 Å². The molecule has 0 aromatic rings. The third-order valence-electron chi connectivity index (χ3n) is 1.68. The Morgan fingerprint density at radius 2 is 1.80 bits per heavy atom. The van der Waals surface area contributed by atoms with Crippen LogP contribution in [0.15, 0.2) is 17.2 Å². The summed E-state index contributed by atoms with van der Waals surface area (Å²) in [7, 11) is 0. The van der Waals surface area contributed by atoms with Gasteiger partial charge in [0.1, 0.15) is 0 Å². The van der Waals surface area contributed by atoms with Crippen molar-refractivity contribution in [1.82, 2.24) is 0 Å². The summed E-state index contributed by atoms with van der Waals surface area (Å²) in [5.41, 5.74) is 2.87. The fraction of sp³-hybridized carbons (Fsp3) is 0.556. The van der Waals surface area contributed by atoms with Crippen LogP contribution in [0.3, 0.4) is 0 Å². The molecule has 0 bridgehead atoms. The van der Waals surface area contributed by atoms with Crippen LogP contribution in [0.2, 0.25) is 0 Å². The minimum atomic E-state index is 0. The number of hydrogen-bond donors (Lipinski definition) is 0. The molecule has 0 aromatic heterocycles. The van der Waals surface area contributed by atoms with E-state index >= 15 is 0 Å². The Bertz CT molecular complexity index is 165. The third kappa shape index (κ3) is 2.63. The van der Waals surface area contributed by atoms with Crippen molar-refractivity contribution in [3.05, 3.63) is 23.3 Å². The van der Waals surface area contributed by atoms with E-state index in [0.717, 1.165) is 0 Å². The molecule has 0 aromatic carbocycles. The zero-order valence-corrected chi connectivity index (χ0v) is 10.7. The van der Waals surface area contributed by atoms with Crippen LogP contribution < -0.4 is 51.4 Å². The first-order valence-electron chi connectivity index (χ1n) is 3.33. The van der Waals surface area contributed by atoms with E-state index in [4.69, 9.17) is 0 Å². The largest absolute Gasteiger partial charge is 1.00 e. The van der Waals surface area contributed by atoms with Gasteiger partial charge in [0.25, 0.3) is 0 Å². The van der Waals surface area contributed by atoms with Crippen LogP contribution in [0.1, 0.15) is 27.7 Å². The van der Waals surface area contributed by atoms with Crippen molar-refractivity contribution >= 4 is 0 Å². The number of allylic oxidation sites excluding steroid dienone is 4. The molecule has 0 heterocycles. The summed E-state index contributed by atoms with van der Waals surface area (Å²) in [6, 6.07) is 0. The van der Waals surface area contributed by atoms with Crippen LogP contribution in [-0.4, -0.2) is 0 Å². The minimum Gasteiger partial charge on any atom is -0.263 e. The molecule has 0 nitrogen and oxygen atoms in total. The Labute approximate surface area is 106 Å². The van der Waals surface area contributed by atoms with Gasteiger partial charge >= 0.3 is 51.4 Å². The first-order chi connectivity index (χ1) is 4.01. The van der Waals surface area contributed by atoms with Crippen molar-refractivity contribution < 1.29 is 51.4 Å². The van der Waals surface area contributed by atoms with Crippen LogP contribution in [0, 0.1) is 11.5 Å². The zero-order valence-electron chi connectivity index (χ0n) is 7.58.